The summed E-state index contributed by atoms with van der Waals surface area (Å²) in [6.07, 6.45) is 0. The summed E-state index contributed by atoms with van der Waals surface area (Å²) in [4.78, 5) is 0. The molecule has 2 aromatic rings. The van der Waals surface area contributed by atoms with Gasteiger partial charge in [0.2, 0.25) is 0 Å². The van der Waals surface area contributed by atoms with Crippen LogP contribution in [0, 0.1) is 6.92 Å². The molecule has 0 atom stereocenters. The minimum atomic E-state index is 0.825. The maximum Gasteiger partial charge on any atom is 0.119 e. The van der Waals surface area contributed by atoms with Gasteiger partial charge < -0.3 is 4.74 Å². The predicted molar refractivity (Wildman–Crippen MR) is 70.5 cm³/mol. The molecule has 0 bridgehead atoms. The number of ether oxygens (including phenoxy) is 1. The first-order valence-corrected chi connectivity index (χ1v) is 5.46. The monoisotopic (exact) mass is 228 g/mol. The van der Waals surface area contributed by atoms with Gasteiger partial charge in [0.1, 0.15) is 5.75 Å². The number of benzene rings is 2. The lowest BCUT2D eigenvalue weighted by atomic mass is 10.2. The molecule has 3 heteroatoms. The van der Waals surface area contributed by atoms with Gasteiger partial charge in [-0.25, -0.2) is 5.84 Å². The first-order chi connectivity index (χ1) is 8.20. The Morgan fingerprint density at radius 1 is 1.00 bits per heavy atom. The van der Waals surface area contributed by atoms with E-state index in [9.17, 15) is 0 Å². The van der Waals surface area contributed by atoms with Crippen molar-refractivity contribution in [3.63, 3.8) is 0 Å². The molecule has 0 saturated carbocycles. The van der Waals surface area contributed by atoms with Crippen LogP contribution in [0.1, 0.15) is 5.56 Å². The van der Waals surface area contributed by atoms with Gasteiger partial charge in [-0.1, -0.05) is 12.1 Å². The Morgan fingerprint density at radius 2 is 1.71 bits per heavy atom. The zero-order valence-corrected chi connectivity index (χ0v) is 10.1. The van der Waals surface area contributed by atoms with Crippen molar-refractivity contribution >= 4 is 11.4 Å². The van der Waals surface area contributed by atoms with E-state index >= 15 is 0 Å². The number of rotatable bonds is 3. The quantitative estimate of drug-likeness (QED) is 0.648. The smallest absolute Gasteiger partial charge is 0.119 e. The van der Waals surface area contributed by atoms with Crippen LogP contribution in [0.25, 0.3) is 0 Å². The standard InChI is InChI=1S/C14H16N2O/c1-11-4-3-5-13(10-11)16(15)12-6-8-14(17-2)9-7-12/h3-10H,15H2,1-2H3. The fraction of sp³-hybridized carbons (Fsp3) is 0.143. The molecule has 0 aliphatic heterocycles. The number of hydrazine groups is 1. The summed E-state index contributed by atoms with van der Waals surface area (Å²) in [5.41, 5.74) is 3.08. The lowest BCUT2D eigenvalue weighted by Crippen LogP contribution is -2.24. The second-order valence-electron chi connectivity index (χ2n) is 3.91. The second kappa shape index (κ2) is 4.89. The lowest BCUT2D eigenvalue weighted by molar-refractivity contribution is 0.415. The average molecular weight is 228 g/mol. The number of hydrogen-bond acceptors (Lipinski definition) is 3. The van der Waals surface area contributed by atoms with Crippen LogP contribution in [-0.2, 0) is 0 Å². The highest BCUT2D eigenvalue weighted by Crippen LogP contribution is 2.24. The third-order valence-corrected chi connectivity index (χ3v) is 2.63. The van der Waals surface area contributed by atoms with Gasteiger partial charge in [0.25, 0.3) is 0 Å². The zero-order chi connectivity index (χ0) is 12.3. The minimum Gasteiger partial charge on any atom is -0.497 e. The molecule has 0 radical (unpaired) electrons. The van der Waals surface area contributed by atoms with Crippen LogP contribution in [0.3, 0.4) is 0 Å². The molecule has 0 aliphatic rings. The Bertz CT molecular complexity index is 494. The number of aryl methyl sites for hydroxylation is 1. The lowest BCUT2D eigenvalue weighted by Gasteiger charge is -2.19. The van der Waals surface area contributed by atoms with Gasteiger partial charge in [-0.15, -0.1) is 0 Å². The molecular weight excluding hydrogens is 212 g/mol. The predicted octanol–water partition coefficient (Wildman–Crippen LogP) is 3.02. The number of hydrogen-bond donors (Lipinski definition) is 1. The molecule has 0 fully saturated rings. The van der Waals surface area contributed by atoms with Gasteiger partial charge in [0, 0.05) is 0 Å². The average Bonchev–Trinajstić information content (AvgIpc) is 2.38. The highest BCUT2D eigenvalue weighted by molar-refractivity contribution is 5.62. The van der Waals surface area contributed by atoms with Crippen molar-refractivity contribution < 1.29 is 4.74 Å². The van der Waals surface area contributed by atoms with Crippen molar-refractivity contribution in [2.75, 3.05) is 12.1 Å². The van der Waals surface area contributed by atoms with Crippen molar-refractivity contribution in [3.05, 3.63) is 54.1 Å². The van der Waals surface area contributed by atoms with Crippen LogP contribution in [0.4, 0.5) is 11.4 Å². The van der Waals surface area contributed by atoms with Crippen LogP contribution in [0.2, 0.25) is 0 Å². The highest BCUT2D eigenvalue weighted by atomic mass is 16.5. The van der Waals surface area contributed by atoms with Gasteiger partial charge >= 0.3 is 0 Å². The first-order valence-electron chi connectivity index (χ1n) is 5.46. The first kappa shape index (κ1) is 11.5. The number of nitrogens with two attached hydrogens (primary N) is 1. The molecule has 0 saturated heterocycles. The van der Waals surface area contributed by atoms with E-state index in [1.54, 1.807) is 12.1 Å². The summed E-state index contributed by atoms with van der Waals surface area (Å²) >= 11 is 0. The Labute approximate surface area is 101 Å². The fourth-order valence-electron chi connectivity index (χ4n) is 1.67. The van der Waals surface area contributed by atoms with Gasteiger partial charge in [0.05, 0.1) is 18.5 Å². The van der Waals surface area contributed by atoms with Crippen molar-refractivity contribution in [1.29, 1.82) is 0 Å². The molecule has 2 aromatic carbocycles. The molecule has 88 valence electrons. The van der Waals surface area contributed by atoms with E-state index in [0.29, 0.717) is 0 Å². The third kappa shape index (κ3) is 2.57. The van der Waals surface area contributed by atoms with E-state index in [1.165, 1.54) is 5.56 Å². The molecule has 0 heterocycles. The number of methoxy groups -OCH3 is 1. The van der Waals surface area contributed by atoms with E-state index in [2.05, 4.69) is 0 Å². The fourth-order valence-corrected chi connectivity index (χ4v) is 1.67. The Kier molecular flexibility index (Phi) is 3.30. The molecule has 2 N–H and O–H groups in total. The van der Waals surface area contributed by atoms with Crippen LogP contribution in [0.5, 0.6) is 5.75 Å². The molecule has 0 unspecified atom stereocenters. The maximum absolute atomic E-state index is 6.07. The third-order valence-electron chi connectivity index (χ3n) is 2.63. The summed E-state index contributed by atoms with van der Waals surface area (Å²) in [5.74, 6) is 6.89. The SMILES string of the molecule is COc1ccc(N(N)c2cccc(C)c2)cc1. The molecule has 3 nitrogen and oxygen atoms in total. The highest BCUT2D eigenvalue weighted by Gasteiger charge is 2.04. The van der Waals surface area contributed by atoms with Gasteiger partial charge in [-0.05, 0) is 48.9 Å². The van der Waals surface area contributed by atoms with Crippen LogP contribution >= 0.6 is 0 Å². The molecule has 0 amide bonds. The minimum absolute atomic E-state index is 0.825. The van der Waals surface area contributed by atoms with E-state index in [1.807, 2.05) is 55.5 Å². The topological polar surface area (TPSA) is 38.5 Å². The van der Waals surface area contributed by atoms with Crippen molar-refractivity contribution in [3.8, 4) is 5.75 Å². The molecule has 17 heavy (non-hydrogen) atoms. The zero-order valence-electron chi connectivity index (χ0n) is 10.1. The van der Waals surface area contributed by atoms with E-state index in [-0.39, 0.29) is 0 Å². The largest absolute Gasteiger partial charge is 0.497 e. The van der Waals surface area contributed by atoms with Gasteiger partial charge in [-0.2, -0.15) is 0 Å². The number of anilines is 2. The van der Waals surface area contributed by atoms with Crippen molar-refractivity contribution in [1.82, 2.24) is 0 Å². The van der Waals surface area contributed by atoms with Crippen molar-refractivity contribution in [2.45, 2.75) is 6.92 Å². The Hall–Kier alpha value is -2.00. The molecular formula is C14H16N2O. The second-order valence-corrected chi connectivity index (χ2v) is 3.91. The summed E-state index contributed by atoms with van der Waals surface area (Å²) in [5, 5.41) is 1.66. The van der Waals surface area contributed by atoms with Crippen LogP contribution in [0.15, 0.2) is 48.5 Å². The Morgan fingerprint density at radius 3 is 2.29 bits per heavy atom. The van der Waals surface area contributed by atoms with Crippen LogP contribution < -0.4 is 15.6 Å². The molecule has 0 aliphatic carbocycles. The normalized spacial score (nSPS) is 10.1. The maximum atomic E-state index is 6.07. The summed E-state index contributed by atoms with van der Waals surface area (Å²) in [6, 6.07) is 15.7. The molecule has 0 spiro atoms. The van der Waals surface area contributed by atoms with Gasteiger partial charge in [-0.3, -0.25) is 5.01 Å². The van der Waals surface area contributed by atoms with E-state index in [4.69, 9.17) is 10.6 Å². The van der Waals surface area contributed by atoms with Crippen molar-refractivity contribution in [2.24, 2.45) is 5.84 Å². The summed E-state index contributed by atoms with van der Waals surface area (Å²) < 4.78 is 5.11. The summed E-state index contributed by atoms with van der Waals surface area (Å²) in [7, 11) is 1.65. The molecule has 2 rings (SSSR count). The van der Waals surface area contributed by atoms with E-state index in [0.717, 1.165) is 17.1 Å². The van der Waals surface area contributed by atoms with Crippen LogP contribution in [-0.4, -0.2) is 7.11 Å². The number of nitrogens with zero attached hydrogens (tertiary/aromatic N) is 1. The van der Waals surface area contributed by atoms with Gasteiger partial charge in [0.15, 0.2) is 0 Å². The Balaban J connectivity index is 2.27. The molecule has 0 aromatic heterocycles. The summed E-state index contributed by atoms with van der Waals surface area (Å²) in [6.45, 7) is 2.05. The van der Waals surface area contributed by atoms with E-state index < -0.39 is 0 Å².